The Morgan fingerprint density at radius 2 is 1.93 bits per heavy atom. The number of rotatable bonds is 2. The summed E-state index contributed by atoms with van der Waals surface area (Å²) in [6.45, 7) is 2.00. The van der Waals surface area contributed by atoms with E-state index < -0.39 is 0 Å². The van der Waals surface area contributed by atoms with Gasteiger partial charge in [-0.15, -0.1) is 0 Å². The van der Waals surface area contributed by atoms with E-state index in [1.54, 1.807) is 0 Å². The van der Waals surface area contributed by atoms with E-state index in [0.717, 1.165) is 15.6 Å². The van der Waals surface area contributed by atoms with Gasteiger partial charge in [0.2, 0.25) is 0 Å². The number of aliphatic hydroxyl groups excluding tert-OH is 1. The van der Waals surface area contributed by atoms with Crippen molar-refractivity contribution in [3.8, 4) is 0 Å². The lowest BCUT2D eigenvalue weighted by Gasteiger charge is -2.13. The smallest absolute Gasteiger partial charge is 0.0803 e. The summed E-state index contributed by atoms with van der Waals surface area (Å²) < 4.78 is 1.14. The molecule has 0 saturated carbocycles. The number of hydrogen-bond donors (Lipinski definition) is 1. The first-order valence-corrected chi connectivity index (χ1v) is 6.17. The van der Waals surface area contributed by atoms with Crippen LogP contribution in [0.3, 0.4) is 0 Å². The summed E-state index contributed by atoms with van der Waals surface area (Å²) in [4.78, 5) is 0. The van der Waals surface area contributed by atoms with Gasteiger partial charge in [0.1, 0.15) is 0 Å². The van der Waals surface area contributed by atoms with Crippen LogP contribution in [0.2, 0.25) is 0 Å². The van der Waals surface area contributed by atoms with Gasteiger partial charge in [-0.3, -0.25) is 0 Å². The second-order valence-corrected chi connectivity index (χ2v) is 4.77. The Morgan fingerprint density at radius 1 is 1.20 bits per heavy atom. The van der Waals surface area contributed by atoms with E-state index in [4.69, 9.17) is 0 Å². The molecule has 1 nitrogen and oxygen atoms in total. The zero-order valence-corrected chi connectivity index (χ0v) is 10.7. The van der Waals surface area contributed by atoms with Gasteiger partial charge in [-0.05, 0) is 45.9 Å². The highest BCUT2D eigenvalue weighted by Gasteiger charge is 2.12. The third-order valence-corrected chi connectivity index (χ3v) is 3.58. The molecule has 0 saturated heterocycles. The van der Waals surface area contributed by atoms with Crippen molar-refractivity contribution in [1.29, 1.82) is 0 Å². The van der Waals surface area contributed by atoms with Crippen molar-refractivity contribution in [3.63, 3.8) is 0 Å². The second kappa shape index (κ2) is 4.49. The van der Waals surface area contributed by atoms with Gasteiger partial charge in [0.05, 0.1) is 6.10 Å². The average molecular weight is 312 g/mol. The molecule has 0 spiro atoms. The molecule has 0 aliphatic carbocycles. The number of hydrogen-bond acceptors (Lipinski definition) is 1. The number of aliphatic hydroxyl groups is 1. The SMILES string of the molecule is CCC(O)c1c(I)ccc2ccccc12. The molecule has 2 rings (SSSR count). The van der Waals surface area contributed by atoms with Crippen molar-refractivity contribution in [1.82, 2.24) is 0 Å². The maximum atomic E-state index is 10.0. The van der Waals surface area contributed by atoms with Gasteiger partial charge in [-0.2, -0.15) is 0 Å². The molecule has 2 aromatic carbocycles. The van der Waals surface area contributed by atoms with Crippen LogP contribution in [0.25, 0.3) is 10.8 Å². The predicted octanol–water partition coefficient (Wildman–Crippen LogP) is 3.89. The van der Waals surface area contributed by atoms with Crippen LogP contribution >= 0.6 is 22.6 Å². The summed E-state index contributed by atoms with van der Waals surface area (Å²) in [5, 5.41) is 12.4. The van der Waals surface area contributed by atoms with E-state index in [2.05, 4.69) is 46.9 Å². The molecule has 15 heavy (non-hydrogen) atoms. The molecule has 0 aromatic heterocycles. The lowest BCUT2D eigenvalue weighted by Crippen LogP contribution is -1.99. The van der Waals surface area contributed by atoms with E-state index in [0.29, 0.717) is 0 Å². The monoisotopic (exact) mass is 312 g/mol. The van der Waals surface area contributed by atoms with E-state index >= 15 is 0 Å². The van der Waals surface area contributed by atoms with Crippen molar-refractivity contribution in [2.24, 2.45) is 0 Å². The van der Waals surface area contributed by atoms with Crippen LogP contribution in [0.4, 0.5) is 0 Å². The van der Waals surface area contributed by atoms with Crippen molar-refractivity contribution in [3.05, 3.63) is 45.5 Å². The van der Waals surface area contributed by atoms with Crippen molar-refractivity contribution in [2.75, 3.05) is 0 Å². The van der Waals surface area contributed by atoms with E-state index in [9.17, 15) is 5.11 Å². The minimum atomic E-state index is -0.358. The van der Waals surface area contributed by atoms with Crippen LogP contribution in [-0.4, -0.2) is 5.11 Å². The first kappa shape index (κ1) is 10.9. The molecule has 0 aliphatic rings. The standard InChI is InChI=1S/C13H13IO/c1-2-12(15)13-10-6-4-3-5-9(10)7-8-11(13)14/h3-8,12,15H,2H2,1H3. The van der Waals surface area contributed by atoms with Gasteiger partial charge in [0.15, 0.2) is 0 Å². The fraction of sp³-hybridized carbons (Fsp3) is 0.231. The van der Waals surface area contributed by atoms with Gasteiger partial charge in [-0.25, -0.2) is 0 Å². The van der Waals surface area contributed by atoms with Crippen LogP contribution in [0.1, 0.15) is 25.0 Å². The Bertz CT molecular complexity index is 479. The first-order chi connectivity index (χ1) is 7.24. The fourth-order valence-electron chi connectivity index (χ4n) is 1.81. The summed E-state index contributed by atoms with van der Waals surface area (Å²) in [5.74, 6) is 0. The Hall–Kier alpha value is -0.610. The van der Waals surface area contributed by atoms with Gasteiger partial charge in [0, 0.05) is 9.13 Å². The van der Waals surface area contributed by atoms with Gasteiger partial charge in [0.25, 0.3) is 0 Å². The van der Waals surface area contributed by atoms with Crippen LogP contribution in [0, 0.1) is 3.57 Å². The highest BCUT2D eigenvalue weighted by atomic mass is 127. The molecule has 2 heteroatoms. The first-order valence-electron chi connectivity index (χ1n) is 5.09. The third kappa shape index (κ3) is 2.01. The van der Waals surface area contributed by atoms with Crippen LogP contribution in [0.5, 0.6) is 0 Å². The molecule has 0 fully saturated rings. The summed E-state index contributed by atoms with van der Waals surface area (Å²) in [6, 6.07) is 12.4. The summed E-state index contributed by atoms with van der Waals surface area (Å²) in [6.07, 6.45) is 0.396. The average Bonchev–Trinajstić information content (AvgIpc) is 2.28. The molecule has 78 valence electrons. The van der Waals surface area contributed by atoms with Crippen molar-refractivity contribution < 1.29 is 5.11 Å². The Labute approximate surface area is 103 Å². The third-order valence-electron chi connectivity index (χ3n) is 2.64. The molecule has 1 atom stereocenters. The maximum Gasteiger partial charge on any atom is 0.0803 e. The molecule has 1 unspecified atom stereocenters. The number of fused-ring (bicyclic) bond motifs is 1. The fourth-order valence-corrected chi connectivity index (χ4v) is 2.64. The minimum Gasteiger partial charge on any atom is -0.388 e. The molecule has 0 heterocycles. The molecule has 0 bridgehead atoms. The maximum absolute atomic E-state index is 10.0. The zero-order chi connectivity index (χ0) is 10.8. The van der Waals surface area contributed by atoms with Crippen molar-refractivity contribution in [2.45, 2.75) is 19.4 Å². The largest absolute Gasteiger partial charge is 0.388 e. The molecule has 1 N–H and O–H groups in total. The highest BCUT2D eigenvalue weighted by molar-refractivity contribution is 14.1. The Kier molecular flexibility index (Phi) is 3.26. The summed E-state index contributed by atoms with van der Waals surface area (Å²) >= 11 is 2.29. The quantitative estimate of drug-likeness (QED) is 0.834. The Balaban J connectivity index is 2.74. The lowest BCUT2D eigenvalue weighted by molar-refractivity contribution is 0.174. The van der Waals surface area contributed by atoms with E-state index in [1.807, 2.05) is 19.1 Å². The Morgan fingerprint density at radius 3 is 2.67 bits per heavy atom. The van der Waals surface area contributed by atoms with Crippen LogP contribution < -0.4 is 0 Å². The normalized spacial score (nSPS) is 13.0. The van der Waals surface area contributed by atoms with Crippen LogP contribution in [-0.2, 0) is 0 Å². The van der Waals surface area contributed by atoms with Crippen LogP contribution in [0.15, 0.2) is 36.4 Å². The summed E-state index contributed by atoms with van der Waals surface area (Å²) in [7, 11) is 0. The molecule has 0 amide bonds. The predicted molar refractivity (Wildman–Crippen MR) is 71.9 cm³/mol. The topological polar surface area (TPSA) is 20.2 Å². The van der Waals surface area contributed by atoms with E-state index in [1.165, 1.54) is 10.8 Å². The zero-order valence-electron chi connectivity index (χ0n) is 8.57. The van der Waals surface area contributed by atoms with E-state index in [-0.39, 0.29) is 6.10 Å². The van der Waals surface area contributed by atoms with Crippen molar-refractivity contribution >= 4 is 33.4 Å². The minimum absolute atomic E-state index is 0.358. The van der Waals surface area contributed by atoms with Gasteiger partial charge < -0.3 is 5.11 Å². The number of benzene rings is 2. The lowest BCUT2D eigenvalue weighted by atomic mass is 9.99. The molecule has 0 aliphatic heterocycles. The second-order valence-electron chi connectivity index (χ2n) is 3.61. The van der Waals surface area contributed by atoms with Gasteiger partial charge >= 0.3 is 0 Å². The molecular formula is C13H13IO. The molecule has 2 aromatic rings. The summed E-state index contributed by atoms with van der Waals surface area (Å²) in [5.41, 5.74) is 1.07. The molecular weight excluding hydrogens is 299 g/mol. The van der Waals surface area contributed by atoms with Gasteiger partial charge in [-0.1, -0.05) is 37.3 Å². The number of halogens is 1. The molecule has 0 radical (unpaired) electrons. The highest BCUT2D eigenvalue weighted by Crippen LogP contribution is 2.30.